The first-order valence-electron chi connectivity index (χ1n) is 6.19. The third-order valence-electron chi connectivity index (χ3n) is 2.87. The van der Waals surface area contributed by atoms with Gasteiger partial charge in [0.25, 0.3) is 0 Å². The maximum absolute atomic E-state index is 10.9. The van der Waals surface area contributed by atoms with E-state index in [9.17, 15) is 4.79 Å². The summed E-state index contributed by atoms with van der Waals surface area (Å²) < 4.78 is 5.38. The fourth-order valence-electron chi connectivity index (χ4n) is 1.83. The minimum atomic E-state index is -0.992. The van der Waals surface area contributed by atoms with Crippen molar-refractivity contribution in [3.05, 3.63) is 23.2 Å². The number of hydrogen-bond acceptors (Lipinski definition) is 3. The summed E-state index contributed by atoms with van der Waals surface area (Å²) in [6.07, 6.45) is 1.75. The van der Waals surface area contributed by atoms with E-state index in [2.05, 4.69) is 25.7 Å². The van der Waals surface area contributed by atoms with Crippen LogP contribution in [0.15, 0.2) is 10.5 Å². The van der Waals surface area contributed by atoms with Gasteiger partial charge in [0.05, 0.1) is 0 Å². The molecule has 0 saturated carbocycles. The van der Waals surface area contributed by atoms with Gasteiger partial charge in [0.15, 0.2) is 0 Å². The number of aryl methyl sites for hydroxylation is 1. The van der Waals surface area contributed by atoms with Gasteiger partial charge in [0, 0.05) is 18.5 Å². The molecule has 0 saturated heterocycles. The number of aromatic carboxylic acids is 1. The van der Waals surface area contributed by atoms with Crippen LogP contribution in [0.3, 0.4) is 0 Å². The Hall–Kier alpha value is -1.29. The smallest absolute Gasteiger partial charge is 0.371 e. The molecule has 0 aliphatic carbocycles. The highest BCUT2D eigenvalue weighted by Crippen LogP contribution is 2.19. The Morgan fingerprint density at radius 1 is 1.35 bits per heavy atom. The van der Waals surface area contributed by atoms with E-state index in [1.54, 1.807) is 6.07 Å². The van der Waals surface area contributed by atoms with Gasteiger partial charge < -0.3 is 9.52 Å². The van der Waals surface area contributed by atoms with Gasteiger partial charge in [-0.3, -0.25) is 4.90 Å². The Bertz CT molecular complexity index is 367. The molecule has 0 fully saturated rings. The van der Waals surface area contributed by atoms with Crippen LogP contribution in [0.5, 0.6) is 0 Å². The average molecular weight is 239 g/mol. The van der Waals surface area contributed by atoms with Crippen molar-refractivity contribution in [2.45, 2.75) is 40.2 Å². The highest BCUT2D eigenvalue weighted by atomic mass is 16.4. The van der Waals surface area contributed by atoms with E-state index in [-0.39, 0.29) is 5.76 Å². The zero-order valence-corrected chi connectivity index (χ0v) is 10.8. The number of carbonyl (C=O) groups is 1. The van der Waals surface area contributed by atoms with Crippen molar-refractivity contribution in [2.24, 2.45) is 0 Å². The Labute approximate surface area is 102 Å². The topological polar surface area (TPSA) is 53.7 Å². The lowest BCUT2D eigenvalue weighted by molar-refractivity contribution is 0.0660. The maximum Gasteiger partial charge on any atom is 0.371 e. The Morgan fingerprint density at radius 2 is 2.00 bits per heavy atom. The molecular weight excluding hydrogens is 218 g/mol. The van der Waals surface area contributed by atoms with Crippen LogP contribution in [0.2, 0.25) is 0 Å². The highest BCUT2D eigenvalue weighted by Gasteiger charge is 2.16. The maximum atomic E-state index is 10.9. The molecule has 0 atom stereocenters. The molecule has 0 amide bonds. The Balaban J connectivity index is 2.90. The fourth-order valence-corrected chi connectivity index (χ4v) is 1.83. The molecule has 0 bridgehead atoms. The predicted octanol–water partition coefficient (Wildman–Crippen LogP) is 2.77. The van der Waals surface area contributed by atoms with Crippen LogP contribution < -0.4 is 0 Å². The van der Waals surface area contributed by atoms with Crippen molar-refractivity contribution in [3.8, 4) is 0 Å². The molecule has 17 heavy (non-hydrogen) atoms. The first kappa shape index (κ1) is 13.8. The molecule has 0 aromatic carbocycles. The van der Waals surface area contributed by atoms with Crippen LogP contribution in [0.1, 0.15) is 49.1 Å². The summed E-state index contributed by atoms with van der Waals surface area (Å²) in [7, 11) is 0. The van der Waals surface area contributed by atoms with Crippen LogP contribution in [0.25, 0.3) is 0 Å². The third kappa shape index (κ3) is 3.60. The lowest BCUT2D eigenvalue weighted by Gasteiger charge is -2.17. The lowest BCUT2D eigenvalue weighted by Crippen LogP contribution is -2.22. The molecule has 1 N–H and O–H groups in total. The minimum Gasteiger partial charge on any atom is -0.475 e. The van der Waals surface area contributed by atoms with Crippen molar-refractivity contribution >= 4 is 5.97 Å². The molecule has 96 valence electrons. The zero-order valence-electron chi connectivity index (χ0n) is 10.8. The van der Waals surface area contributed by atoms with Crippen molar-refractivity contribution in [1.82, 2.24) is 4.90 Å². The van der Waals surface area contributed by atoms with Crippen molar-refractivity contribution in [3.63, 3.8) is 0 Å². The molecule has 1 aromatic heterocycles. The van der Waals surface area contributed by atoms with Crippen LogP contribution in [0, 0.1) is 0 Å². The summed E-state index contributed by atoms with van der Waals surface area (Å²) in [5.74, 6) is -0.124. The first-order valence-corrected chi connectivity index (χ1v) is 6.19. The second-order valence-corrected chi connectivity index (χ2v) is 4.08. The zero-order chi connectivity index (χ0) is 12.8. The monoisotopic (exact) mass is 239 g/mol. The Kier molecular flexibility index (Phi) is 5.22. The first-order chi connectivity index (χ1) is 8.12. The number of rotatable bonds is 7. The van der Waals surface area contributed by atoms with Crippen molar-refractivity contribution < 1.29 is 14.3 Å². The highest BCUT2D eigenvalue weighted by molar-refractivity contribution is 5.84. The van der Waals surface area contributed by atoms with Gasteiger partial charge in [0.1, 0.15) is 5.76 Å². The number of carboxylic acids is 1. The summed E-state index contributed by atoms with van der Waals surface area (Å²) >= 11 is 0. The van der Waals surface area contributed by atoms with Crippen molar-refractivity contribution in [1.29, 1.82) is 0 Å². The quantitative estimate of drug-likeness (QED) is 0.795. The van der Waals surface area contributed by atoms with Gasteiger partial charge in [-0.1, -0.05) is 20.8 Å². The summed E-state index contributed by atoms with van der Waals surface area (Å²) in [6, 6.07) is 1.66. The van der Waals surface area contributed by atoms with E-state index in [4.69, 9.17) is 9.52 Å². The standard InChI is InChI=1S/C13H21NO3/c1-4-7-11-10(9-14(5-2)6-3)8-12(17-11)13(15)16/h8H,4-7,9H2,1-3H3,(H,15,16). The summed E-state index contributed by atoms with van der Waals surface area (Å²) in [4.78, 5) is 13.1. The van der Waals surface area contributed by atoms with Gasteiger partial charge in [-0.2, -0.15) is 0 Å². The molecule has 1 aromatic rings. The second kappa shape index (κ2) is 6.45. The number of nitrogens with zero attached hydrogens (tertiary/aromatic N) is 1. The van der Waals surface area contributed by atoms with Gasteiger partial charge in [-0.25, -0.2) is 4.79 Å². The van der Waals surface area contributed by atoms with E-state index in [1.165, 1.54) is 0 Å². The van der Waals surface area contributed by atoms with Crippen molar-refractivity contribution in [2.75, 3.05) is 13.1 Å². The third-order valence-corrected chi connectivity index (χ3v) is 2.87. The molecule has 0 aliphatic rings. The number of hydrogen-bond donors (Lipinski definition) is 1. The van der Waals surface area contributed by atoms with E-state index < -0.39 is 5.97 Å². The van der Waals surface area contributed by atoms with Gasteiger partial charge in [-0.15, -0.1) is 0 Å². The van der Waals surface area contributed by atoms with E-state index in [0.717, 1.165) is 43.8 Å². The van der Waals surface area contributed by atoms with Crippen LogP contribution >= 0.6 is 0 Å². The van der Waals surface area contributed by atoms with Crippen LogP contribution in [0.4, 0.5) is 0 Å². The summed E-state index contributed by atoms with van der Waals surface area (Å²) in [5.41, 5.74) is 1.01. The molecular formula is C13H21NO3. The van der Waals surface area contributed by atoms with Gasteiger partial charge in [0.2, 0.25) is 5.76 Å². The molecule has 0 spiro atoms. The normalized spacial score (nSPS) is 11.1. The van der Waals surface area contributed by atoms with E-state index in [0.29, 0.717) is 0 Å². The average Bonchev–Trinajstić information content (AvgIpc) is 2.70. The number of furan rings is 1. The van der Waals surface area contributed by atoms with E-state index >= 15 is 0 Å². The second-order valence-electron chi connectivity index (χ2n) is 4.08. The van der Waals surface area contributed by atoms with Gasteiger partial charge >= 0.3 is 5.97 Å². The molecule has 0 unspecified atom stereocenters. The molecule has 4 heteroatoms. The predicted molar refractivity (Wildman–Crippen MR) is 66.3 cm³/mol. The SMILES string of the molecule is CCCc1oc(C(=O)O)cc1CN(CC)CC. The van der Waals surface area contributed by atoms with Crippen LogP contribution in [-0.2, 0) is 13.0 Å². The Morgan fingerprint density at radius 3 is 2.47 bits per heavy atom. The molecule has 0 aliphatic heterocycles. The molecule has 0 radical (unpaired) electrons. The van der Waals surface area contributed by atoms with Crippen LogP contribution in [-0.4, -0.2) is 29.1 Å². The molecule has 1 heterocycles. The molecule has 4 nitrogen and oxygen atoms in total. The summed E-state index contributed by atoms with van der Waals surface area (Å²) in [6.45, 7) is 8.93. The lowest BCUT2D eigenvalue weighted by atomic mass is 10.1. The van der Waals surface area contributed by atoms with E-state index in [1.807, 2.05) is 0 Å². The molecule has 1 rings (SSSR count). The summed E-state index contributed by atoms with van der Waals surface area (Å²) in [5, 5.41) is 8.93. The minimum absolute atomic E-state index is 0.0515. The largest absolute Gasteiger partial charge is 0.475 e. The fraction of sp³-hybridized carbons (Fsp3) is 0.615. The number of carboxylic acid groups (broad SMARTS) is 1. The van der Waals surface area contributed by atoms with Gasteiger partial charge in [-0.05, 0) is 25.6 Å².